The number of sulfone groups is 1. The Bertz CT molecular complexity index is 2100. The second-order valence-corrected chi connectivity index (χ2v) is 13.7. The minimum absolute atomic E-state index is 0.0401. The maximum Gasteiger partial charge on any atom is 0.354 e. The number of phenolic OH excluding ortho intramolecular Hbond substituents is 1. The molecule has 4 heterocycles. The zero-order chi connectivity index (χ0) is 32.5. The third-order valence-electron chi connectivity index (χ3n) is 8.54. The van der Waals surface area contributed by atoms with E-state index in [-0.39, 0.29) is 41.5 Å². The Balaban J connectivity index is 1.83. The second-order valence-electron chi connectivity index (χ2n) is 11.8. The summed E-state index contributed by atoms with van der Waals surface area (Å²) in [6.45, 7) is 10.6. The van der Waals surface area contributed by atoms with Crippen molar-refractivity contribution in [2.75, 3.05) is 23.7 Å². The number of hydrogen-bond acceptors (Lipinski definition) is 8. The molecule has 4 aromatic rings. The number of phenols is 1. The molecular weight excluding hydrogens is 604 g/mol. The van der Waals surface area contributed by atoms with Gasteiger partial charge in [0.1, 0.15) is 16.5 Å². The first-order chi connectivity index (χ1) is 21.3. The molecule has 1 N–H and O–H groups in total. The van der Waals surface area contributed by atoms with Crippen molar-refractivity contribution >= 4 is 32.5 Å². The molecule has 13 heteroatoms. The minimum atomic E-state index is -4.57. The lowest BCUT2D eigenvalue weighted by Crippen LogP contribution is -2.60. The van der Waals surface area contributed by atoms with E-state index in [0.29, 0.717) is 11.3 Å². The van der Waals surface area contributed by atoms with Gasteiger partial charge >= 0.3 is 5.69 Å². The summed E-state index contributed by atoms with van der Waals surface area (Å²) in [4.78, 5) is 37.7. The molecule has 1 amide bonds. The van der Waals surface area contributed by atoms with E-state index in [1.54, 1.807) is 31.0 Å². The highest BCUT2D eigenvalue weighted by atomic mass is 32.2. The van der Waals surface area contributed by atoms with Crippen molar-refractivity contribution in [3.8, 4) is 22.6 Å². The van der Waals surface area contributed by atoms with Crippen LogP contribution in [-0.4, -0.2) is 69.8 Å². The smallest absolute Gasteiger partial charge is 0.354 e. The van der Waals surface area contributed by atoms with Crippen molar-refractivity contribution < 1.29 is 27.1 Å². The number of halogens is 2. The van der Waals surface area contributed by atoms with Gasteiger partial charge < -0.3 is 14.9 Å². The Morgan fingerprint density at radius 2 is 1.87 bits per heavy atom. The van der Waals surface area contributed by atoms with E-state index in [1.165, 1.54) is 29.2 Å². The van der Waals surface area contributed by atoms with Crippen LogP contribution in [0.25, 0.3) is 27.7 Å². The number of carbonyl (C=O) groups excluding carboxylic acids is 1. The number of rotatable bonds is 4. The van der Waals surface area contributed by atoms with E-state index in [4.69, 9.17) is 0 Å². The van der Waals surface area contributed by atoms with Crippen molar-refractivity contribution in [2.24, 2.45) is 0 Å². The van der Waals surface area contributed by atoms with Gasteiger partial charge in [0.25, 0.3) is 0 Å². The van der Waals surface area contributed by atoms with Crippen LogP contribution in [0.4, 0.5) is 14.6 Å². The standard InChI is InChI=1S/C32H31F2N5O5S/c1-6-22(41)37-14-19-15-45(43,44)30-24-29(25(33)23(26(30)34)20-9-7-8-10-21(20)40)39(28-17(4)11-12-35-27(28)16(2)3)32(42)36-31(24)38(19)13-18(37)5/h6-12,16,18-19,40H,1,13-15H2,2-5H3. The van der Waals surface area contributed by atoms with Crippen LogP contribution in [0.5, 0.6) is 5.75 Å². The van der Waals surface area contributed by atoms with Gasteiger partial charge in [0, 0.05) is 30.9 Å². The Morgan fingerprint density at radius 1 is 1.16 bits per heavy atom. The van der Waals surface area contributed by atoms with E-state index in [0.717, 1.165) is 10.6 Å². The number of fused-ring (bicyclic) bond motifs is 2. The number of aromatic nitrogens is 3. The number of aromatic hydroxyl groups is 1. The number of benzene rings is 2. The van der Waals surface area contributed by atoms with Crippen molar-refractivity contribution in [1.29, 1.82) is 0 Å². The molecular formula is C32H31F2N5O5S. The van der Waals surface area contributed by atoms with Crippen LogP contribution in [0.2, 0.25) is 0 Å². The summed E-state index contributed by atoms with van der Waals surface area (Å²) < 4.78 is 63.4. The van der Waals surface area contributed by atoms with Crippen LogP contribution >= 0.6 is 0 Å². The van der Waals surface area contributed by atoms with Crippen LogP contribution < -0.4 is 10.6 Å². The molecule has 1 fully saturated rings. The number of para-hydroxylation sites is 1. The molecule has 2 aromatic carbocycles. The molecule has 2 unspecified atom stereocenters. The first kappa shape index (κ1) is 30.4. The summed E-state index contributed by atoms with van der Waals surface area (Å²) in [6.07, 6.45) is 2.67. The molecule has 0 aliphatic carbocycles. The zero-order valence-electron chi connectivity index (χ0n) is 25.1. The fourth-order valence-corrected chi connectivity index (χ4v) is 8.31. The fraction of sp³-hybridized carbons (Fsp3) is 0.312. The Hall–Kier alpha value is -4.65. The number of aryl methyl sites for hydroxylation is 1. The average Bonchev–Trinajstić information content (AvgIpc) is 3.07. The maximum absolute atomic E-state index is 17.2. The lowest BCUT2D eigenvalue weighted by molar-refractivity contribution is -0.128. The lowest BCUT2D eigenvalue weighted by Gasteiger charge is -2.44. The van der Waals surface area contributed by atoms with Crippen molar-refractivity contribution in [2.45, 2.75) is 50.6 Å². The van der Waals surface area contributed by atoms with Gasteiger partial charge in [-0.15, -0.1) is 0 Å². The zero-order valence-corrected chi connectivity index (χ0v) is 25.9. The number of nitrogens with zero attached hydrogens (tertiary/aromatic N) is 5. The summed E-state index contributed by atoms with van der Waals surface area (Å²) in [5.74, 6) is -4.64. The molecule has 0 saturated carbocycles. The van der Waals surface area contributed by atoms with Gasteiger partial charge in [-0.25, -0.2) is 22.0 Å². The molecule has 0 spiro atoms. The van der Waals surface area contributed by atoms with Gasteiger partial charge in [-0.2, -0.15) is 4.98 Å². The predicted molar refractivity (Wildman–Crippen MR) is 166 cm³/mol. The highest BCUT2D eigenvalue weighted by Gasteiger charge is 2.44. The summed E-state index contributed by atoms with van der Waals surface area (Å²) in [6, 6.07) is 5.62. The molecule has 2 atom stereocenters. The van der Waals surface area contributed by atoms with E-state index in [1.807, 2.05) is 13.8 Å². The third kappa shape index (κ3) is 4.59. The fourth-order valence-electron chi connectivity index (χ4n) is 6.48. The SMILES string of the molecule is C=CC(=O)N1CC2CS(=O)(=O)c3c(F)c(-c4ccccc4O)c(F)c4c3c(nc(=O)n4-c3c(C)ccnc3C(C)C)N2CC1C. The van der Waals surface area contributed by atoms with Gasteiger partial charge in [-0.1, -0.05) is 38.6 Å². The first-order valence-electron chi connectivity index (χ1n) is 14.4. The van der Waals surface area contributed by atoms with Crippen molar-refractivity contribution in [3.63, 3.8) is 0 Å². The Kier molecular flexibility index (Phi) is 7.26. The molecule has 2 aromatic heterocycles. The largest absolute Gasteiger partial charge is 0.507 e. The third-order valence-corrected chi connectivity index (χ3v) is 10.4. The van der Waals surface area contributed by atoms with E-state index < -0.39 is 72.6 Å². The van der Waals surface area contributed by atoms with Crippen LogP contribution in [0, 0.1) is 18.6 Å². The van der Waals surface area contributed by atoms with Crippen molar-refractivity contribution in [3.05, 3.63) is 82.6 Å². The highest BCUT2D eigenvalue weighted by Crippen LogP contribution is 2.46. The van der Waals surface area contributed by atoms with Gasteiger partial charge in [-0.3, -0.25) is 14.3 Å². The Labute approximate surface area is 258 Å². The number of anilines is 1. The summed E-state index contributed by atoms with van der Waals surface area (Å²) >= 11 is 0. The summed E-state index contributed by atoms with van der Waals surface area (Å²) in [5, 5.41) is 10.3. The number of pyridine rings is 1. The molecule has 1 saturated heterocycles. The molecule has 2 aliphatic heterocycles. The van der Waals surface area contributed by atoms with E-state index in [9.17, 15) is 23.1 Å². The molecule has 234 valence electrons. The number of hydrogen-bond donors (Lipinski definition) is 1. The summed E-state index contributed by atoms with van der Waals surface area (Å²) in [7, 11) is -4.57. The molecule has 0 bridgehead atoms. The lowest BCUT2D eigenvalue weighted by atomic mass is 9.99. The molecule has 2 aliphatic rings. The quantitative estimate of drug-likeness (QED) is 0.261. The van der Waals surface area contributed by atoms with E-state index in [2.05, 4.69) is 16.5 Å². The average molecular weight is 636 g/mol. The number of amides is 1. The van der Waals surface area contributed by atoms with Gasteiger partial charge in [0.2, 0.25) is 5.91 Å². The van der Waals surface area contributed by atoms with Crippen LogP contribution in [-0.2, 0) is 14.6 Å². The molecule has 45 heavy (non-hydrogen) atoms. The molecule has 0 radical (unpaired) electrons. The van der Waals surface area contributed by atoms with Gasteiger partial charge in [0.05, 0.1) is 39.6 Å². The summed E-state index contributed by atoms with van der Waals surface area (Å²) in [5.41, 5.74) is -1.36. The molecule has 6 rings (SSSR count). The van der Waals surface area contributed by atoms with Gasteiger partial charge in [0.15, 0.2) is 21.5 Å². The Morgan fingerprint density at radius 3 is 2.53 bits per heavy atom. The maximum atomic E-state index is 17.2. The van der Waals surface area contributed by atoms with Crippen LogP contribution in [0.1, 0.15) is 37.9 Å². The predicted octanol–water partition coefficient (Wildman–Crippen LogP) is 4.24. The van der Waals surface area contributed by atoms with Crippen molar-refractivity contribution in [1.82, 2.24) is 19.4 Å². The second kappa shape index (κ2) is 10.8. The highest BCUT2D eigenvalue weighted by molar-refractivity contribution is 7.91. The first-order valence-corrected chi connectivity index (χ1v) is 16.1. The molecule has 10 nitrogen and oxygen atoms in total. The van der Waals surface area contributed by atoms with E-state index >= 15 is 8.78 Å². The van der Waals surface area contributed by atoms with Crippen LogP contribution in [0.15, 0.2) is 58.9 Å². The number of piperazine rings is 1. The minimum Gasteiger partial charge on any atom is -0.507 e. The monoisotopic (exact) mass is 635 g/mol. The number of carbonyl (C=O) groups is 1. The normalized spacial score (nSPS) is 19.0. The van der Waals surface area contributed by atoms with Crippen LogP contribution in [0.3, 0.4) is 0 Å². The van der Waals surface area contributed by atoms with Gasteiger partial charge in [-0.05, 0) is 43.5 Å². The topological polar surface area (TPSA) is 126 Å².